The van der Waals surface area contributed by atoms with Gasteiger partial charge in [0.2, 0.25) is 0 Å². The average molecular weight is 178 g/mol. The van der Waals surface area contributed by atoms with Crippen molar-refractivity contribution in [2.75, 3.05) is 13.2 Å². The number of rotatable bonds is 3. The maximum atomic E-state index is 5.27. The normalized spacial score (nSPS) is 41.5. The number of hydrogen-bond donors (Lipinski definition) is 0. The summed E-state index contributed by atoms with van der Waals surface area (Å²) in [6.07, 6.45) is 10.2. The molecule has 0 saturated carbocycles. The number of allylic oxidation sites excluding steroid dienone is 2. The predicted molar refractivity (Wildman–Crippen MR) is 49.4 cm³/mol. The molecule has 0 spiro atoms. The zero-order valence-electron chi connectivity index (χ0n) is 7.61. The van der Waals surface area contributed by atoms with Crippen LogP contribution in [0.4, 0.5) is 0 Å². The van der Waals surface area contributed by atoms with E-state index in [1.54, 1.807) is 0 Å². The van der Waals surface area contributed by atoms with Crippen LogP contribution in [0.2, 0.25) is 0 Å². The Morgan fingerprint density at radius 2 is 2.15 bits per heavy atom. The minimum atomic E-state index is 0.518. The summed E-state index contributed by atoms with van der Waals surface area (Å²) in [4.78, 5) is 0. The first-order valence-electron chi connectivity index (χ1n) is 5.02. The van der Waals surface area contributed by atoms with Gasteiger partial charge in [-0.25, -0.2) is 0 Å². The van der Waals surface area contributed by atoms with Gasteiger partial charge < -0.3 is 9.47 Å². The Hall–Kier alpha value is -0.600. The summed E-state index contributed by atoms with van der Waals surface area (Å²) in [6.45, 7) is 1.92. The summed E-state index contributed by atoms with van der Waals surface area (Å²) in [6, 6.07) is 0. The first kappa shape index (κ1) is 7.77. The minimum Gasteiger partial charge on any atom is -0.373 e. The van der Waals surface area contributed by atoms with E-state index in [4.69, 9.17) is 9.47 Å². The fraction of sp³-hybridized carbons (Fsp3) is 0.636. The molecule has 0 radical (unpaired) electrons. The first-order chi connectivity index (χ1) is 6.42. The summed E-state index contributed by atoms with van der Waals surface area (Å²) in [5.41, 5.74) is 1.44. The molecular weight excluding hydrogens is 164 g/mol. The topological polar surface area (TPSA) is 25.1 Å². The molecule has 70 valence electrons. The number of ether oxygens (including phenoxy) is 2. The predicted octanol–water partition coefficient (Wildman–Crippen LogP) is 1.68. The lowest BCUT2D eigenvalue weighted by Gasteiger charge is -2.13. The van der Waals surface area contributed by atoms with E-state index in [0.29, 0.717) is 18.1 Å². The van der Waals surface area contributed by atoms with E-state index in [1.165, 1.54) is 5.57 Å². The van der Waals surface area contributed by atoms with Crippen LogP contribution in [0.3, 0.4) is 0 Å². The van der Waals surface area contributed by atoms with Gasteiger partial charge in [0.05, 0.1) is 25.4 Å². The highest BCUT2D eigenvalue weighted by atomic mass is 16.6. The van der Waals surface area contributed by atoms with Crippen LogP contribution in [0.1, 0.15) is 12.8 Å². The third-order valence-electron chi connectivity index (χ3n) is 2.91. The van der Waals surface area contributed by atoms with Gasteiger partial charge in [0, 0.05) is 12.3 Å². The highest BCUT2D eigenvalue weighted by molar-refractivity contribution is 5.26. The zero-order chi connectivity index (χ0) is 8.67. The van der Waals surface area contributed by atoms with Crippen LogP contribution in [0, 0.1) is 5.92 Å². The van der Waals surface area contributed by atoms with E-state index in [0.717, 1.165) is 26.1 Å². The van der Waals surface area contributed by atoms with Gasteiger partial charge in [-0.1, -0.05) is 18.2 Å². The molecule has 0 N–H and O–H groups in total. The molecule has 2 fully saturated rings. The van der Waals surface area contributed by atoms with Gasteiger partial charge in [-0.05, 0) is 12.0 Å². The summed E-state index contributed by atoms with van der Waals surface area (Å²) in [5.74, 6) is 0.642. The van der Waals surface area contributed by atoms with E-state index < -0.39 is 0 Å². The molecule has 2 heterocycles. The number of epoxide rings is 2. The summed E-state index contributed by atoms with van der Waals surface area (Å²) < 4.78 is 10.5. The van der Waals surface area contributed by atoms with Crippen molar-refractivity contribution in [3.05, 3.63) is 23.8 Å². The highest BCUT2D eigenvalue weighted by Crippen LogP contribution is 2.30. The Morgan fingerprint density at radius 3 is 2.69 bits per heavy atom. The van der Waals surface area contributed by atoms with Crippen molar-refractivity contribution in [3.8, 4) is 0 Å². The monoisotopic (exact) mass is 178 g/mol. The highest BCUT2D eigenvalue weighted by Gasteiger charge is 2.31. The fourth-order valence-corrected chi connectivity index (χ4v) is 1.86. The van der Waals surface area contributed by atoms with Crippen LogP contribution in [0.5, 0.6) is 0 Å². The Balaban J connectivity index is 1.57. The summed E-state index contributed by atoms with van der Waals surface area (Å²) in [7, 11) is 0. The molecule has 2 heteroatoms. The van der Waals surface area contributed by atoms with Gasteiger partial charge in [0.15, 0.2) is 0 Å². The molecule has 0 amide bonds. The van der Waals surface area contributed by atoms with Crippen molar-refractivity contribution in [2.45, 2.75) is 25.0 Å². The standard InChI is InChI=1S/C11H14O2/c1-3-9(11-7-13-11)4-2-8(1)5-10-6-12-10/h1-3,9-11H,4-7H2. The van der Waals surface area contributed by atoms with Gasteiger partial charge >= 0.3 is 0 Å². The molecule has 0 aromatic heterocycles. The molecule has 0 bridgehead atoms. The zero-order valence-corrected chi connectivity index (χ0v) is 7.61. The lowest BCUT2D eigenvalue weighted by Crippen LogP contribution is -2.07. The minimum absolute atomic E-state index is 0.518. The average Bonchev–Trinajstić information content (AvgIpc) is 3.01. The Bertz CT molecular complexity index is 259. The Morgan fingerprint density at radius 1 is 1.31 bits per heavy atom. The molecule has 0 aromatic rings. The maximum absolute atomic E-state index is 5.27. The Kier molecular flexibility index (Phi) is 1.77. The van der Waals surface area contributed by atoms with Crippen molar-refractivity contribution in [3.63, 3.8) is 0 Å². The molecule has 2 saturated heterocycles. The van der Waals surface area contributed by atoms with E-state index >= 15 is 0 Å². The second-order valence-corrected chi connectivity index (χ2v) is 4.07. The Labute approximate surface area is 78.2 Å². The molecule has 13 heavy (non-hydrogen) atoms. The summed E-state index contributed by atoms with van der Waals surface area (Å²) in [5, 5.41) is 0. The second kappa shape index (κ2) is 2.96. The van der Waals surface area contributed by atoms with Crippen LogP contribution in [0.25, 0.3) is 0 Å². The van der Waals surface area contributed by atoms with Crippen LogP contribution < -0.4 is 0 Å². The summed E-state index contributed by atoms with van der Waals surface area (Å²) >= 11 is 0. The smallest absolute Gasteiger partial charge is 0.0875 e. The molecule has 3 rings (SSSR count). The van der Waals surface area contributed by atoms with Crippen molar-refractivity contribution in [1.82, 2.24) is 0 Å². The van der Waals surface area contributed by atoms with Gasteiger partial charge in [-0.2, -0.15) is 0 Å². The molecule has 0 aromatic carbocycles. The largest absolute Gasteiger partial charge is 0.373 e. The van der Waals surface area contributed by atoms with Crippen LogP contribution in [-0.2, 0) is 9.47 Å². The third-order valence-corrected chi connectivity index (χ3v) is 2.91. The van der Waals surface area contributed by atoms with Gasteiger partial charge in [0.1, 0.15) is 0 Å². The molecule has 3 aliphatic rings. The van der Waals surface area contributed by atoms with Crippen molar-refractivity contribution >= 4 is 0 Å². The maximum Gasteiger partial charge on any atom is 0.0875 e. The van der Waals surface area contributed by atoms with E-state index in [2.05, 4.69) is 18.2 Å². The van der Waals surface area contributed by atoms with E-state index in [1.807, 2.05) is 0 Å². The third kappa shape index (κ3) is 1.84. The van der Waals surface area contributed by atoms with E-state index in [-0.39, 0.29) is 0 Å². The second-order valence-electron chi connectivity index (χ2n) is 4.07. The number of hydrogen-bond acceptors (Lipinski definition) is 2. The van der Waals surface area contributed by atoms with Crippen molar-refractivity contribution < 1.29 is 9.47 Å². The lowest BCUT2D eigenvalue weighted by atomic mass is 9.92. The van der Waals surface area contributed by atoms with Crippen molar-refractivity contribution in [1.29, 1.82) is 0 Å². The lowest BCUT2D eigenvalue weighted by molar-refractivity contribution is 0.359. The molecule has 3 unspecified atom stereocenters. The SMILES string of the molecule is C1=CC(C2CO2)CC=C1CC1CO1. The molecule has 1 aliphatic carbocycles. The van der Waals surface area contributed by atoms with E-state index in [9.17, 15) is 0 Å². The van der Waals surface area contributed by atoms with Gasteiger partial charge in [-0.3, -0.25) is 0 Å². The first-order valence-corrected chi connectivity index (χ1v) is 5.02. The quantitative estimate of drug-likeness (QED) is 0.614. The van der Waals surface area contributed by atoms with Crippen LogP contribution in [0.15, 0.2) is 23.8 Å². The van der Waals surface area contributed by atoms with Crippen molar-refractivity contribution in [2.24, 2.45) is 5.92 Å². The van der Waals surface area contributed by atoms with Crippen LogP contribution >= 0.6 is 0 Å². The van der Waals surface area contributed by atoms with Crippen LogP contribution in [-0.4, -0.2) is 25.4 Å². The molecule has 3 atom stereocenters. The molecular formula is C11H14O2. The van der Waals surface area contributed by atoms with Gasteiger partial charge in [-0.15, -0.1) is 0 Å². The van der Waals surface area contributed by atoms with Gasteiger partial charge in [0.25, 0.3) is 0 Å². The molecule has 2 nitrogen and oxygen atoms in total. The molecule has 2 aliphatic heterocycles. The fourth-order valence-electron chi connectivity index (χ4n) is 1.86.